The first-order valence-corrected chi connectivity index (χ1v) is 7.33. The number of hydrogen-bond donors (Lipinski definition) is 1. The van der Waals surface area contributed by atoms with E-state index < -0.39 is 21.1 Å². The van der Waals surface area contributed by atoms with Crippen LogP contribution in [0.5, 0.6) is 0 Å². The lowest BCUT2D eigenvalue weighted by molar-refractivity contribution is 0.0411. The molecule has 0 saturated carbocycles. The van der Waals surface area contributed by atoms with Gasteiger partial charge in [0.15, 0.2) is 0 Å². The Morgan fingerprint density at radius 3 is 2.76 bits per heavy atom. The van der Waals surface area contributed by atoms with Crippen molar-refractivity contribution >= 4 is 26.0 Å². The highest BCUT2D eigenvalue weighted by atomic mass is 79.9. The standard InChI is InChI=1S/C10H11BrFNO3S/c11-10-2-1-8(12)3-7(10)4-13-17(14,15)9-5-16-6-9/h1-3,9,13H,4-6H2. The number of benzene rings is 1. The normalized spacial score (nSPS) is 16.8. The van der Waals surface area contributed by atoms with Gasteiger partial charge in [0.05, 0.1) is 13.2 Å². The maximum absolute atomic E-state index is 13.0. The van der Waals surface area contributed by atoms with Crippen molar-refractivity contribution in [2.75, 3.05) is 13.2 Å². The summed E-state index contributed by atoms with van der Waals surface area (Å²) in [5.41, 5.74) is 0.564. The first kappa shape index (κ1) is 12.9. The van der Waals surface area contributed by atoms with E-state index in [2.05, 4.69) is 20.7 Å². The average Bonchev–Trinajstić information content (AvgIpc) is 2.16. The Hall–Kier alpha value is -0.500. The molecule has 1 aromatic carbocycles. The Balaban J connectivity index is 2.04. The summed E-state index contributed by atoms with van der Waals surface area (Å²) in [6.45, 7) is 0.510. The van der Waals surface area contributed by atoms with Crippen molar-refractivity contribution in [2.24, 2.45) is 0 Å². The second kappa shape index (κ2) is 5.01. The van der Waals surface area contributed by atoms with Crippen molar-refractivity contribution in [1.82, 2.24) is 4.72 Å². The monoisotopic (exact) mass is 323 g/mol. The molecule has 0 amide bonds. The van der Waals surface area contributed by atoms with Crippen LogP contribution in [0.1, 0.15) is 5.56 Å². The van der Waals surface area contributed by atoms with Gasteiger partial charge in [0, 0.05) is 11.0 Å². The number of sulfonamides is 1. The van der Waals surface area contributed by atoms with Crippen LogP contribution >= 0.6 is 15.9 Å². The minimum absolute atomic E-state index is 0.0666. The van der Waals surface area contributed by atoms with Gasteiger partial charge in [-0.15, -0.1) is 0 Å². The van der Waals surface area contributed by atoms with Gasteiger partial charge in [-0.3, -0.25) is 0 Å². The number of halogens is 2. The molecule has 1 aliphatic rings. The lowest BCUT2D eigenvalue weighted by atomic mass is 10.2. The molecule has 7 heteroatoms. The second-order valence-electron chi connectivity index (χ2n) is 3.76. The summed E-state index contributed by atoms with van der Waals surface area (Å²) < 4.78 is 44.3. The zero-order valence-electron chi connectivity index (χ0n) is 8.82. The smallest absolute Gasteiger partial charge is 0.219 e. The van der Waals surface area contributed by atoms with E-state index in [9.17, 15) is 12.8 Å². The Labute approximate surface area is 107 Å². The number of rotatable bonds is 4. The van der Waals surface area contributed by atoms with Crippen molar-refractivity contribution in [3.8, 4) is 0 Å². The van der Waals surface area contributed by atoms with Gasteiger partial charge in [-0.25, -0.2) is 17.5 Å². The molecule has 4 nitrogen and oxygen atoms in total. The summed E-state index contributed by atoms with van der Waals surface area (Å²) in [6.07, 6.45) is 0. The summed E-state index contributed by atoms with van der Waals surface area (Å²) in [6, 6.07) is 4.15. The van der Waals surface area contributed by atoms with E-state index in [1.54, 1.807) is 6.07 Å². The van der Waals surface area contributed by atoms with Crippen LogP contribution < -0.4 is 4.72 Å². The minimum atomic E-state index is -3.37. The average molecular weight is 324 g/mol. The Morgan fingerprint density at radius 1 is 1.47 bits per heavy atom. The van der Waals surface area contributed by atoms with Crippen LogP contribution in [0.3, 0.4) is 0 Å². The molecule has 1 aromatic rings. The van der Waals surface area contributed by atoms with E-state index >= 15 is 0 Å². The number of nitrogens with one attached hydrogen (secondary N) is 1. The zero-order chi connectivity index (χ0) is 12.5. The first-order chi connectivity index (χ1) is 7.99. The molecule has 1 heterocycles. The van der Waals surface area contributed by atoms with Crippen molar-refractivity contribution in [1.29, 1.82) is 0 Å². The van der Waals surface area contributed by atoms with Gasteiger partial charge in [-0.05, 0) is 23.8 Å². The molecule has 0 radical (unpaired) electrons. The van der Waals surface area contributed by atoms with E-state index in [0.717, 1.165) is 0 Å². The molecule has 1 fully saturated rings. The van der Waals surface area contributed by atoms with E-state index in [-0.39, 0.29) is 19.8 Å². The van der Waals surface area contributed by atoms with Gasteiger partial charge < -0.3 is 4.74 Å². The topological polar surface area (TPSA) is 55.4 Å². The van der Waals surface area contributed by atoms with E-state index in [4.69, 9.17) is 4.74 Å². The summed E-state index contributed by atoms with van der Waals surface area (Å²) in [4.78, 5) is 0. The highest BCUT2D eigenvalue weighted by Gasteiger charge is 2.32. The molecule has 94 valence electrons. The molecular weight excluding hydrogens is 313 g/mol. The quantitative estimate of drug-likeness (QED) is 0.911. The van der Waals surface area contributed by atoms with Crippen molar-refractivity contribution in [3.05, 3.63) is 34.1 Å². The molecule has 0 aromatic heterocycles. The summed E-state index contributed by atoms with van der Waals surface area (Å²) in [7, 11) is -3.37. The number of hydrogen-bond acceptors (Lipinski definition) is 3. The van der Waals surface area contributed by atoms with E-state index in [0.29, 0.717) is 10.0 Å². The highest BCUT2D eigenvalue weighted by molar-refractivity contribution is 9.10. The Bertz CT molecular complexity index is 516. The van der Waals surface area contributed by atoms with Crippen LogP contribution in [0.25, 0.3) is 0 Å². The fraction of sp³-hybridized carbons (Fsp3) is 0.400. The Morgan fingerprint density at radius 2 is 2.18 bits per heavy atom. The molecule has 0 spiro atoms. The van der Waals surface area contributed by atoms with Crippen LogP contribution in [0, 0.1) is 5.82 Å². The summed E-state index contributed by atoms with van der Waals surface area (Å²) >= 11 is 3.24. The second-order valence-corrected chi connectivity index (χ2v) is 6.66. The van der Waals surface area contributed by atoms with Crippen molar-refractivity contribution in [2.45, 2.75) is 11.8 Å². The third-order valence-corrected chi connectivity index (χ3v) is 4.99. The van der Waals surface area contributed by atoms with Gasteiger partial charge >= 0.3 is 0 Å². The lowest BCUT2D eigenvalue weighted by Gasteiger charge is -2.25. The predicted molar refractivity (Wildman–Crippen MR) is 64.5 cm³/mol. The molecule has 0 aliphatic carbocycles. The molecular formula is C10H11BrFNO3S. The molecule has 1 saturated heterocycles. The predicted octanol–water partition coefficient (Wildman–Crippen LogP) is 1.41. The third-order valence-electron chi connectivity index (χ3n) is 2.52. The fourth-order valence-electron chi connectivity index (χ4n) is 1.37. The molecule has 0 bridgehead atoms. The maximum atomic E-state index is 13.0. The third kappa shape index (κ3) is 3.04. The van der Waals surface area contributed by atoms with Gasteiger partial charge in [-0.1, -0.05) is 15.9 Å². The zero-order valence-corrected chi connectivity index (χ0v) is 11.2. The van der Waals surface area contributed by atoms with Crippen LogP contribution in [-0.2, 0) is 21.3 Å². The van der Waals surface area contributed by atoms with Crippen LogP contribution in [0.4, 0.5) is 4.39 Å². The van der Waals surface area contributed by atoms with Crippen molar-refractivity contribution < 1.29 is 17.5 Å². The molecule has 1 N–H and O–H groups in total. The van der Waals surface area contributed by atoms with Crippen molar-refractivity contribution in [3.63, 3.8) is 0 Å². The van der Waals surface area contributed by atoms with Gasteiger partial charge in [0.25, 0.3) is 0 Å². The van der Waals surface area contributed by atoms with E-state index in [1.807, 2.05) is 0 Å². The highest BCUT2D eigenvalue weighted by Crippen LogP contribution is 2.18. The summed E-state index contributed by atoms with van der Waals surface area (Å²) in [5, 5.41) is -0.491. The van der Waals surface area contributed by atoms with E-state index in [1.165, 1.54) is 12.1 Å². The van der Waals surface area contributed by atoms with Crippen LogP contribution in [0.15, 0.2) is 22.7 Å². The summed E-state index contributed by atoms with van der Waals surface area (Å²) in [5.74, 6) is -0.394. The van der Waals surface area contributed by atoms with Crippen LogP contribution in [-0.4, -0.2) is 26.9 Å². The number of ether oxygens (including phenoxy) is 1. The first-order valence-electron chi connectivity index (χ1n) is 4.99. The molecule has 1 aliphatic heterocycles. The fourth-order valence-corrected chi connectivity index (χ4v) is 2.90. The van der Waals surface area contributed by atoms with Crippen LogP contribution in [0.2, 0.25) is 0 Å². The minimum Gasteiger partial charge on any atom is -0.378 e. The largest absolute Gasteiger partial charge is 0.378 e. The molecule has 2 rings (SSSR count). The SMILES string of the molecule is O=S(=O)(NCc1cc(F)ccc1Br)C1COC1. The molecule has 17 heavy (non-hydrogen) atoms. The lowest BCUT2D eigenvalue weighted by Crippen LogP contribution is -2.46. The Kier molecular flexibility index (Phi) is 3.82. The van der Waals surface area contributed by atoms with Gasteiger partial charge in [0.1, 0.15) is 11.1 Å². The van der Waals surface area contributed by atoms with Gasteiger partial charge in [0.2, 0.25) is 10.0 Å². The molecule has 0 atom stereocenters. The van der Waals surface area contributed by atoms with Gasteiger partial charge in [-0.2, -0.15) is 0 Å². The molecule has 0 unspecified atom stereocenters. The maximum Gasteiger partial charge on any atom is 0.219 e.